The molecule has 0 spiro atoms. The number of aryl methyl sites for hydroxylation is 1. The Kier molecular flexibility index (Phi) is 2.31. The average Bonchev–Trinajstić information content (AvgIpc) is 3.08. The number of nitrogens with one attached hydrogen (secondary N) is 1. The van der Waals surface area contributed by atoms with E-state index in [0.29, 0.717) is 23.9 Å². The van der Waals surface area contributed by atoms with Crippen molar-refractivity contribution in [3.05, 3.63) is 23.8 Å². The van der Waals surface area contributed by atoms with Crippen molar-refractivity contribution in [2.24, 2.45) is 7.05 Å². The van der Waals surface area contributed by atoms with Crippen LogP contribution in [-0.4, -0.2) is 37.5 Å². The van der Waals surface area contributed by atoms with Crippen LogP contribution in [0.1, 0.15) is 23.2 Å². The molecule has 3 rings (SSSR count). The lowest BCUT2D eigenvalue weighted by Gasteiger charge is -2.12. The van der Waals surface area contributed by atoms with Gasteiger partial charge in [-0.3, -0.25) is 4.79 Å². The van der Waals surface area contributed by atoms with Gasteiger partial charge in [0, 0.05) is 12.6 Å². The maximum atomic E-state index is 12.0. The van der Waals surface area contributed by atoms with E-state index in [1.165, 1.54) is 0 Å². The van der Waals surface area contributed by atoms with E-state index >= 15 is 0 Å². The van der Waals surface area contributed by atoms with E-state index in [1.807, 2.05) is 0 Å². The Morgan fingerprint density at radius 2 is 2.16 bits per heavy atom. The summed E-state index contributed by atoms with van der Waals surface area (Å²) in [7, 11) is 1.76. The van der Waals surface area contributed by atoms with Crippen molar-refractivity contribution in [3.8, 4) is 0 Å². The minimum Gasteiger partial charge on any atom is -0.480 e. The summed E-state index contributed by atoms with van der Waals surface area (Å²) in [4.78, 5) is 23.1. The molecule has 1 saturated carbocycles. The maximum Gasteiger partial charge on any atom is 0.329 e. The molecule has 0 aliphatic heterocycles. The zero-order valence-electron chi connectivity index (χ0n) is 10.3. The van der Waals surface area contributed by atoms with Gasteiger partial charge in [0.25, 0.3) is 5.91 Å². The van der Waals surface area contributed by atoms with Crippen molar-refractivity contribution in [3.63, 3.8) is 0 Å². The van der Waals surface area contributed by atoms with Gasteiger partial charge in [-0.05, 0) is 31.0 Å². The van der Waals surface area contributed by atoms with Gasteiger partial charge in [0.15, 0.2) is 0 Å². The molecule has 1 aliphatic carbocycles. The molecule has 0 saturated heterocycles. The topological polar surface area (TPSA) is 97.1 Å². The molecule has 0 atom stereocenters. The molecule has 0 unspecified atom stereocenters. The van der Waals surface area contributed by atoms with Crippen LogP contribution in [0.15, 0.2) is 18.2 Å². The zero-order valence-corrected chi connectivity index (χ0v) is 10.3. The fraction of sp³-hybridized carbons (Fsp3) is 0.333. The molecule has 7 heteroatoms. The molecule has 1 amide bonds. The molecule has 98 valence electrons. The van der Waals surface area contributed by atoms with Crippen molar-refractivity contribution in [2.75, 3.05) is 0 Å². The lowest BCUT2D eigenvalue weighted by Crippen LogP contribution is -2.43. The number of carbonyl (C=O) groups excluding carboxylic acids is 1. The molecule has 1 aliphatic rings. The predicted octanol–water partition coefficient (Wildman–Crippen LogP) is 0.315. The van der Waals surface area contributed by atoms with E-state index in [0.717, 1.165) is 5.52 Å². The first kappa shape index (κ1) is 11.6. The highest BCUT2D eigenvalue weighted by atomic mass is 16.4. The fourth-order valence-corrected chi connectivity index (χ4v) is 1.99. The second-order valence-electron chi connectivity index (χ2n) is 4.76. The minimum atomic E-state index is -1.07. The first-order valence-corrected chi connectivity index (χ1v) is 5.87. The Morgan fingerprint density at radius 3 is 2.79 bits per heavy atom. The molecule has 7 nitrogen and oxygen atoms in total. The third-order valence-electron chi connectivity index (χ3n) is 3.39. The molecular formula is C12H12N4O3. The van der Waals surface area contributed by atoms with Crippen LogP contribution in [0, 0.1) is 0 Å². The summed E-state index contributed by atoms with van der Waals surface area (Å²) in [5.74, 6) is -1.38. The molecule has 19 heavy (non-hydrogen) atoms. The summed E-state index contributed by atoms with van der Waals surface area (Å²) in [5.41, 5.74) is 0.737. The number of hydrogen-bond donors (Lipinski definition) is 2. The van der Waals surface area contributed by atoms with Gasteiger partial charge in [0.05, 0.1) is 5.52 Å². The average molecular weight is 260 g/mol. The quantitative estimate of drug-likeness (QED) is 0.828. The number of carboxylic acid groups (broad SMARTS) is 1. The van der Waals surface area contributed by atoms with Crippen LogP contribution >= 0.6 is 0 Å². The van der Waals surface area contributed by atoms with Crippen LogP contribution < -0.4 is 5.32 Å². The standard InChI is InChI=1S/C12H12N4O3/c1-16-9-3-2-7(6-8(9)14-15-16)10(17)13-12(4-5-12)11(18)19/h2-3,6H,4-5H2,1H3,(H,13,17)(H,18,19). The molecule has 0 radical (unpaired) electrons. The summed E-state index contributed by atoms with van der Waals surface area (Å²) in [6, 6.07) is 4.99. The number of fused-ring (bicyclic) bond motifs is 1. The van der Waals surface area contributed by atoms with E-state index in [-0.39, 0.29) is 0 Å². The van der Waals surface area contributed by atoms with Crippen LogP contribution in [0.2, 0.25) is 0 Å². The molecule has 2 aromatic rings. The van der Waals surface area contributed by atoms with E-state index in [4.69, 9.17) is 5.11 Å². The predicted molar refractivity (Wildman–Crippen MR) is 65.6 cm³/mol. The highest BCUT2D eigenvalue weighted by molar-refractivity contribution is 6.00. The minimum absolute atomic E-state index is 0.389. The number of nitrogens with zero attached hydrogens (tertiary/aromatic N) is 3. The Balaban J connectivity index is 1.88. The van der Waals surface area contributed by atoms with E-state index in [9.17, 15) is 9.59 Å². The molecule has 1 aromatic heterocycles. The van der Waals surface area contributed by atoms with Crippen molar-refractivity contribution >= 4 is 22.9 Å². The zero-order chi connectivity index (χ0) is 13.6. The lowest BCUT2D eigenvalue weighted by molar-refractivity contribution is -0.140. The van der Waals surface area contributed by atoms with Crippen molar-refractivity contribution < 1.29 is 14.7 Å². The first-order chi connectivity index (χ1) is 9.02. The second-order valence-corrected chi connectivity index (χ2v) is 4.76. The van der Waals surface area contributed by atoms with E-state index in [2.05, 4.69) is 15.6 Å². The highest BCUT2D eigenvalue weighted by Crippen LogP contribution is 2.35. The monoisotopic (exact) mass is 260 g/mol. The number of aliphatic carboxylic acids is 1. The summed E-state index contributed by atoms with van der Waals surface area (Å²) < 4.78 is 1.61. The smallest absolute Gasteiger partial charge is 0.329 e. The summed E-state index contributed by atoms with van der Waals surface area (Å²) >= 11 is 0. The van der Waals surface area contributed by atoms with Crippen LogP contribution in [0.25, 0.3) is 11.0 Å². The lowest BCUT2D eigenvalue weighted by atomic mass is 10.1. The summed E-state index contributed by atoms with van der Waals surface area (Å²) in [5, 5.41) is 19.4. The number of amides is 1. The summed E-state index contributed by atoms with van der Waals surface area (Å²) in [6.45, 7) is 0. The van der Waals surface area contributed by atoms with Gasteiger partial charge in [-0.1, -0.05) is 5.21 Å². The molecule has 1 aromatic carbocycles. The third-order valence-corrected chi connectivity index (χ3v) is 3.39. The molecular weight excluding hydrogens is 248 g/mol. The van der Waals surface area contributed by atoms with Crippen LogP contribution in [0.3, 0.4) is 0 Å². The second kappa shape index (κ2) is 3.78. The van der Waals surface area contributed by atoms with Gasteiger partial charge >= 0.3 is 5.97 Å². The Hall–Kier alpha value is -2.44. The van der Waals surface area contributed by atoms with Crippen molar-refractivity contribution in [1.29, 1.82) is 0 Å². The van der Waals surface area contributed by atoms with Gasteiger partial charge in [-0.2, -0.15) is 0 Å². The number of carbonyl (C=O) groups is 2. The molecule has 0 bridgehead atoms. The van der Waals surface area contributed by atoms with E-state index < -0.39 is 17.4 Å². The Bertz CT molecular complexity index is 687. The number of aromatic nitrogens is 3. The van der Waals surface area contributed by atoms with Gasteiger partial charge in [-0.15, -0.1) is 5.10 Å². The number of hydrogen-bond acceptors (Lipinski definition) is 4. The summed E-state index contributed by atoms with van der Waals surface area (Å²) in [6.07, 6.45) is 0.947. The molecule has 2 N–H and O–H groups in total. The van der Waals surface area contributed by atoms with Gasteiger partial charge in [0.1, 0.15) is 11.1 Å². The third kappa shape index (κ3) is 1.83. The Labute approximate surface area is 108 Å². The van der Waals surface area contributed by atoms with Gasteiger partial charge in [-0.25, -0.2) is 9.48 Å². The largest absolute Gasteiger partial charge is 0.480 e. The number of rotatable bonds is 3. The number of benzene rings is 1. The molecule has 1 heterocycles. The number of carboxylic acids is 1. The van der Waals surface area contributed by atoms with Gasteiger partial charge in [0.2, 0.25) is 0 Å². The Morgan fingerprint density at radius 1 is 1.42 bits per heavy atom. The highest BCUT2D eigenvalue weighted by Gasteiger charge is 2.51. The SMILES string of the molecule is Cn1nnc2cc(C(=O)NC3(C(=O)O)CC3)ccc21. The van der Waals surface area contributed by atoms with Crippen molar-refractivity contribution in [2.45, 2.75) is 18.4 Å². The first-order valence-electron chi connectivity index (χ1n) is 5.87. The van der Waals surface area contributed by atoms with Crippen molar-refractivity contribution in [1.82, 2.24) is 20.3 Å². The van der Waals surface area contributed by atoms with Crippen LogP contribution in [0.5, 0.6) is 0 Å². The van der Waals surface area contributed by atoms with E-state index in [1.54, 1.807) is 29.9 Å². The maximum absolute atomic E-state index is 12.0. The molecule has 1 fully saturated rings. The fourth-order valence-electron chi connectivity index (χ4n) is 1.99. The van der Waals surface area contributed by atoms with Crippen LogP contribution in [-0.2, 0) is 11.8 Å². The van der Waals surface area contributed by atoms with Gasteiger partial charge < -0.3 is 10.4 Å². The normalized spacial score (nSPS) is 16.3. The van der Waals surface area contributed by atoms with Crippen LogP contribution in [0.4, 0.5) is 0 Å².